The van der Waals surface area contributed by atoms with Crippen molar-refractivity contribution in [1.82, 2.24) is 20.2 Å². The van der Waals surface area contributed by atoms with E-state index in [-0.39, 0.29) is 0 Å². The third kappa shape index (κ3) is 3.97. The maximum atomic E-state index is 6.23. The van der Waals surface area contributed by atoms with E-state index in [1.165, 1.54) is 19.3 Å². The molecule has 3 aromatic rings. The van der Waals surface area contributed by atoms with Crippen LogP contribution in [0.25, 0.3) is 22.0 Å². The Bertz CT molecular complexity index is 1200. The molecule has 4 heterocycles. The minimum atomic E-state index is 0.430. The SMILES string of the molecule is Cc1c(N)cccc1-c1ccc2c(N3CC4CCC(C3)N4)nc(OC[C@@H]3CCCN3C)nc2c1. The molecule has 3 N–H and O–H groups in total. The Kier molecular flexibility index (Phi) is 5.54. The Morgan fingerprint density at radius 1 is 1.09 bits per heavy atom. The summed E-state index contributed by atoms with van der Waals surface area (Å²) in [5.74, 6) is 0.994. The first-order valence-electron chi connectivity index (χ1n) is 12.6. The number of fused-ring (bicyclic) bond motifs is 3. The maximum Gasteiger partial charge on any atom is 0.319 e. The summed E-state index contributed by atoms with van der Waals surface area (Å²) in [5, 5.41) is 4.81. The van der Waals surface area contributed by atoms with E-state index in [1.54, 1.807) is 0 Å². The van der Waals surface area contributed by atoms with Gasteiger partial charge in [0.25, 0.3) is 0 Å². The van der Waals surface area contributed by atoms with Gasteiger partial charge in [0.2, 0.25) is 0 Å². The van der Waals surface area contributed by atoms with Crippen LogP contribution >= 0.6 is 0 Å². The number of hydrogen-bond donors (Lipinski definition) is 2. The van der Waals surface area contributed by atoms with Gasteiger partial charge < -0.3 is 25.6 Å². The highest BCUT2D eigenvalue weighted by atomic mass is 16.5. The Morgan fingerprint density at radius 2 is 1.91 bits per heavy atom. The van der Waals surface area contributed by atoms with E-state index < -0.39 is 0 Å². The molecule has 0 amide bonds. The molecule has 2 bridgehead atoms. The Hall–Kier alpha value is -2.90. The molecule has 6 rings (SSSR count). The lowest BCUT2D eigenvalue weighted by Crippen LogP contribution is -2.51. The van der Waals surface area contributed by atoms with Gasteiger partial charge in [-0.1, -0.05) is 18.2 Å². The molecule has 0 aliphatic carbocycles. The summed E-state index contributed by atoms with van der Waals surface area (Å²) in [6.07, 6.45) is 4.86. The van der Waals surface area contributed by atoms with Gasteiger partial charge in [-0.15, -0.1) is 0 Å². The van der Waals surface area contributed by atoms with Gasteiger partial charge in [0.1, 0.15) is 12.4 Å². The minimum absolute atomic E-state index is 0.430. The van der Waals surface area contributed by atoms with Crippen molar-refractivity contribution in [2.45, 2.75) is 50.7 Å². The summed E-state index contributed by atoms with van der Waals surface area (Å²) in [4.78, 5) is 14.7. The molecule has 2 aromatic carbocycles. The normalized spacial score (nSPS) is 24.8. The second-order valence-electron chi connectivity index (χ2n) is 10.2. The topological polar surface area (TPSA) is 79.5 Å². The number of nitrogens with two attached hydrogens (primary N) is 1. The average Bonchev–Trinajstić information content (AvgIpc) is 3.41. The van der Waals surface area contributed by atoms with Crippen molar-refractivity contribution in [3.8, 4) is 17.1 Å². The van der Waals surface area contributed by atoms with E-state index in [9.17, 15) is 0 Å². The van der Waals surface area contributed by atoms with Gasteiger partial charge in [-0.05, 0) is 81.1 Å². The van der Waals surface area contributed by atoms with Gasteiger partial charge in [0.15, 0.2) is 0 Å². The van der Waals surface area contributed by atoms with Crippen molar-refractivity contribution >= 4 is 22.4 Å². The first-order valence-corrected chi connectivity index (χ1v) is 12.6. The van der Waals surface area contributed by atoms with Crippen molar-refractivity contribution in [1.29, 1.82) is 0 Å². The predicted octanol–water partition coefficient (Wildman–Crippen LogP) is 3.60. The zero-order chi connectivity index (χ0) is 23.2. The van der Waals surface area contributed by atoms with E-state index in [0.717, 1.165) is 65.2 Å². The van der Waals surface area contributed by atoms with Gasteiger partial charge in [-0.2, -0.15) is 9.97 Å². The van der Waals surface area contributed by atoms with Gasteiger partial charge in [-0.25, -0.2) is 0 Å². The van der Waals surface area contributed by atoms with Crippen molar-refractivity contribution in [3.63, 3.8) is 0 Å². The Morgan fingerprint density at radius 3 is 2.68 bits per heavy atom. The van der Waals surface area contributed by atoms with Crippen LogP contribution in [0.3, 0.4) is 0 Å². The van der Waals surface area contributed by atoms with Gasteiger partial charge >= 0.3 is 6.01 Å². The summed E-state index contributed by atoms with van der Waals surface area (Å²) < 4.78 is 6.23. The number of hydrogen-bond acceptors (Lipinski definition) is 7. The molecule has 7 heteroatoms. The van der Waals surface area contributed by atoms with Crippen LogP contribution in [-0.4, -0.2) is 66.3 Å². The van der Waals surface area contributed by atoms with Crippen molar-refractivity contribution < 1.29 is 4.74 Å². The van der Waals surface area contributed by atoms with Gasteiger partial charge in [0.05, 0.1) is 5.52 Å². The lowest BCUT2D eigenvalue weighted by molar-refractivity contribution is 0.188. The van der Waals surface area contributed by atoms with Crippen LogP contribution in [0.15, 0.2) is 36.4 Å². The predicted molar refractivity (Wildman–Crippen MR) is 137 cm³/mol. The molecule has 0 saturated carbocycles. The number of benzene rings is 2. The number of likely N-dealkylation sites (N-methyl/N-ethyl adjacent to an activating group) is 1. The Labute approximate surface area is 201 Å². The summed E-state index contributed by atoms with van der Waals surface area (Å²) in [7, 11) is 2.17. The number of nitrogens with zero attached hydrogens (tertiary/aromatic N) is 4. The summed E-state index contributed by atoms with van der Waals surface area (Å²) >= 11 is 0. The fourth-order valence-electron chi connectivity index (χ4n) is 5.86. The Balaban J connectivity index is 1.40. The van der Waals surface area contributed by atoms with Crippen molar-refractivity contribution in [3.05, 3.63) is 42.0 Å². The number of piperazine rings is 1. The molecule has 34 heavy (non-hydrogen) atoms. The molecular formula is C27H34N6O. The molecule has 3 fully saturated rings. The number of nitrogen functional groups attached to an aromatic ring is 1. The summed E-state index contributed by atoms with van der Waals surface area (Å²) in [6, 6.07) is 14.6. The lowest BCUT2D eigenvalue weighted by atomic mass is 9.98. The first-order chi connectivity index (χ1) is 16.5. The van der Waals surface area contributed by atoms with Crippen LogP contribution in [0, 0.1) is 6.92 Å². The van der Waals surface area contributed by atoms with Gasteiger partial charge in [0, 0.05) is 42.3 Å². The van der Waals surface area contributed by atoms with Crippen molar-refractivity contribution in [2.75, 3.05) is 43.9 Å². The molecule has 3 saturated heterocycles. The first kappa shape index (κ1) is 21.6. The smallest absolute Gasteiger partial charge is 0.319 e. The van der Waals surface area contributed by atoms with E-state index in [1.807, 2.05) is 12.1 Å². The number of aromatic nitrogens is 2. The third-order valence-corrected chi connectivity index (χ3v) is 7.94. The second-order valence-corrected chi connectivity index (χ2v) is 10.2. The molecule has 0 radical (unpaired) electrons. The summed E-state index contributed by atoms with van der Waals surface area (Å²) in [5.41, 5.74) is 11.3. The molecule has 3 aliphatic heterocycles. The quantitative estimate of drug-likeness (QED) is 0.566. The number of nitrogens with one attached hydrogen (secondary N) is 1. The molecule has 0 spiro atoms. The zero-order valence-corrected chi connectivity index (χ0v) is 20.1. The monoisotopic (exact) mass is 458 g/mol. The largest absolute Gasteiger partial charge is 0.462 e. The van der Waals surface area contributed by atoms with E-state index >= 15 is 0 Å². The highest BCUT2D eigenvalue weighted by Gasteiger charge is 2.33. The fourth-order valence-corrected chi connectivity index (χ4v) is 5.86. The van der Waals surface area contributed by atoms with E-state index in [2.05, 4.69) is 53.4 Å². The maximum absolute atomic E-state index is 6.23. The molecule has 178 valence electrons. The van der Waals surface area contributed by atoms with Crippen LogP contribution in [-0.2, 0) is 0 Å². The number of likely N-dealkylation sites (tertiary alicyclic amines) is 1. The minimum Gasteiger partial charge on any atom is -0.462 e. The second kappa shape index (κ2) is 8.71. The lowest BCUT2D eigenvalue weighted by Gasteiger charge is -2.34. The molecule has 2 unspecified atom stereocenters. The number of ether oxygens (including phenoxy) is 1. The van der Waals surface area contributed by atoms with Crippen LogP contribution in [0.2, 0.25) is 0 Å². The van der Waals surface area contributed by atoms with Crippen LogP contribution in [0.4, 0.5) is 11.5 Å². The third-order valence-electron chi connectivity index (χ3n) is 7.94. The molecule has 1 aromatic heterocycles. The number of anilines is 2. The highest BCUT2D eigenvalue weighted by molar-refractivity contribution is 5.93. The number of rotatable bonds is 5. The average molecular weight is 459 g/mol. The van der Waals surface area contributed by atoms with Crippen molar-refractivity contribution in [2.24, 2.45) is 0 Å². The van der Waals surface area contributed by atoms with Crippen LogP contribution in [0.5, 0.6) is 6.01 Å². The zero-order valence-electron chi connectivity index (χ0n) is 20.1. The fraction of sp³-hybridized carbons (Fsp3) is 0.481. The molecule has 3 aliphatic rings. The van der Waals surface area contributed by atoms with Crippen LogP contribution < -0.4 is 20.7 Å². The van der Waals surface area contributed by atoms with E-state index in [4.69, 9.17) is 20.4 Å². The van der Waals surface area contributed by atoms with Gasteiger partial charge in [-0.3, -0.25) is 0 Å². The standard InChI is InChI=1S/C27H34N6O/c1-17-22(6-3-7-24(17)28)18-8-11-23-25(13-18)30-27(34-16-21-5-4-12-32(21)2)31-26(23)33-14-19-9-10-20(15-33)29-19/h3,6-8,11,13,19-21,29H,4-5,9-10,12,14-16,28H2,1-2H3/t19?,20?,21-/m0/s1. The molecule has 7 nitrogen and oxygen atoms in total. The van der Waals surface area contributed by atoms with E-state index in [0.29, 0.717) is 30.7 Å². The summed E-state index contributed by atoms with van der Waals surface area (Å²) in [6.45, 7) is 5.78. The van der Waals surface area contributed by atoms with Crippen LogP contribution in [0.1, 0.15) is 31.2 Å². The highest BCUT2D eigenvalue weighted by Crippen LogP contribution is 2.34. The molecular weight excluding hydrogens is 424 g/mol. The molecule has 3 atom stereocenters.